The summed E-state index contributed by atoms with van der Waals surface area (Å²) in [5, 5.41) is 24.2. The summed E-state index contributed by atoms with van der Waals surface area (Å²) in [5.41, 5.74) is 1.36. The first-order valence-corrected chi connectivity index (χ1v) is 13.7. The van der Waals surface area contributed by atoms with Gasteiger partial charge in [0.2, 0.25) is 5.91 Å². The summed E-state index contributed by atoms with van der Waals surface area (Å²) in [5.74, 6) is -2.28. The Labute approximate surface area is 245 Å². The Hall–Kier alpha value is -4.03. The van der Waals surface area contributed by atoms with Crippen LogP contribution in [-0.4, -0.2) is 72.6 Å². The number of piperidine rings is 1. The maximum Gasteiger partial charge on any atom is 0.410 e. The molecule has 216 valence electrons. The minimum Gasteiger partial charge on any atom is -0.481 e. The van der Waals surface area contributed by atoms with Gasteiger partial charge in [0.25, 0.3) is 0 Å². The molecule has 2 amide bonds. The van der Waals surface area contributed by atoms with Crippen LogP contribution < -0.4 is 5.32 Å². The highest BCUT2D eigenvalue weighted by Gasteiger charge is 2.36. The first kappa shape index (κ1) is 29.9. The third kappa shape index (κ3) is 8.01. The van der Waals surface area contributed by atoms with Crippen molar-refractivity contribution in [3.63, 3.8) is 0 Å². The third-order valence-corrected chi connectivity index (χ3v) is 7.35. The quantitative estimate of drug-likeness (QED) is 0.336. The van der Waals surface area contributed by atoms with E-state index < -0.39 is 48.8 Å². The SMILES string of the molecule is O=C(O)CC(NC(=O)C1CCCCN1C(=O)OCc1ccccc1)C(=O)Cn1nnnc1Cc1c(Cl)cccc1Cl. The summed E-state index contributed by atoms with van der Waals surface area (Å²) in [7, 11) is 0. The van der Waals surface area contributed by atoms with E-state index in [1.54, 1.807) is 18.2 Å². The van der Waals surface area contributed by atoms with E-state index in [-0.39, 0.29) is 18.9 Å². The molecule has 0 saturated carbocycles. The molecule has 1 aromatic heterocycles. The van der Waals surface area contributed by atoms with Gasteiger partial charge in [-0.2, -0.15) is 0 Å². The molecule has 0 aliphatic carbocycles. The highest BCUT2D eigenvalue weighted by molar-refractivity contribution is 6.36. The number of amides is 2. The molecule has 14 heteroatoms. The summed E-state index contributed by atoms with van der Waals surface area (Å²) < 4.78 is 6.62. The number of carboxylic acids is 1. The molecule has 0 spiro atoms. The zero-order chi connectivity index (χ0) is 29.4. The van der Waals surface area contributed by atoms with Gasteiger partial charge in [-0.1, -0.05) is 59.6 Å². The number of aromatic nitrogens is 4. The van der Waals surface area contributed by atoms with Crippen LogP contribution in [0.25, 0.3) is 0 Å². The number of Topliss-reactive ketones (excluding diaryl/α,β-unsaturated/α-hetero) is 1. The number of nitrogens with one attached hydrogen (secondary N) is 1. The van der Waals surface area contributed by atoms with Crippen LogP contribution in [0.5, 0.6) is 0 Å². The van der Waals surface area contributed by atoms with Gasteiger partial charge in [0.15, 0.2) is 11.6 Å². The van der Waals surface area contributed by atoms with E-state index in [1.807, 2.05) is 30.3 Å². The molecule has 3 aromatic rings. The highest BCUT2D eigenvalue weighted by Crippen LogP contribution is 2.26. The minimum atomic E-state index is -1.38. The van der Waals surface area contributed by atoms with Crippen LogP contribution in [0.4, 0.5) is 4.79 Å². The maximum atomic E-state index is 13.3. The third-order valence-electron chi connectivity index (χ3n) is 6.64. The second-order valence-corrected chi connectivity index (χ2v) is 10.3. The van der Waals surface area contributed by atoms with Gasteiger partial charge in [0.05, 0.1) is 12.5 Å². The number of tetrazole rings is 1. The van der Waals surface area contributed by atoms with Crippen molar-refractivity contribution in [2.45, 2.75) is 57.3 Å². The van der Waals surface area contributed by atoms with Crippen molar-refractivity contribution in [1.82, 2.24) is 30.4 Å². The average molecular weight is 603 g/mol. The number of ketones is 1. The molecule has 1 aliphatic rings. The van der Waals surface area contributed by atoms with Gasteiger partial charge in [0, 0.05) is 23.0 Å². The van der Waals surface area contributed by atoms with E-state index in [2.05, 4.69) is 20.8 Å². The molecule has 4 rings (SSSR count). The summed E-state index contributed by atoms with van der Waals surface area (Å²) in [6, 6.07) is 11.8. The molecule has 12 nitrogen and oxygen atoms in total. The molecule has 0 bridgehead atoms. The number of aliphatic carboxylic acids is 1. The number of benzene rings is 2. The lowest BCUT2D eigenvalue weighted by atomic mass is 10.0. The Bertz CT molecular complexity index is 1380. The van der Waals surface area contributed by atoms with Gasteiger partial charge in [0.1, 0.15) is 19.2 Å². The van der Waals surface area contributed by atoms with Gasteiger partial charge >= 0.3 is 12.1 Å². The molecule has 1 fully saturated rings. The Morgan fingerprint density at radius 2 is 1.78 bits per heavy atom. The monoisotopic (exact) mass is 602 g/mol. The lowest BCUT2D eigenvalue weighted by molar-refractivity contribution is -0.141. The number of rotatable bonds is 11. The van der Waals surface area contributed by atoms with E-state index in [0.29, 0.717) is 41.4 Å². The summed E-state index contributed by atoms with van der Waals surface area (Å²) in [4.78, 5) is 52.3. The number of ether oxygens (including phenoxy) is 1. The van der Waals surface area contributed by atoms with Crippen molar-refractivity contribution < 1.29 is 29.0 Å². The van der Waals surface area contributed by atoms with Crippen LogP contribution in [0.15, 0.2) is 48.5 Å². The fraction of sp³-hybridized carbons (Fsp3) is 0.370. The molecule has 2 atom stereocenters. The van der Waals surface area contributed by atoms with Crippen LogP contribution in [0.1, 0.15) is 42.6 Å². The van der Waals surface area contributed by atoms with Gasteiger partial charge < -0.3 is 15.2 Å². The minimum absolute atomic E-state index is 0.0400. The second kappa shape index (κ2) is 14.0. The number of likely N-dealkylation sites (tertiary alicyclic amines) is 1. The number of hydrogen-bond donors (Lipinski definition) is 2. The first-order chi connectivity index (χ1) is 19.7. The molecule has 1 aliphatic heterocycles. The first-order valence-electron chi connectivity index (χ1n) is 12.9. The van der Waals surface area contributed by atoms with Gasteiger partial charge in [-0.3, -0.25) is 19.3 Å². The Morgan fingerprint density at radius 3 is 2.49 bits per heavy atom. The number of carboxylic acid groups (broad SMARTS) is 1. The zero-order valence-electron chi connectivity index (χ0n) is 21.9. The number of halogens is 2. The second-order valence-electron chi connectivity index (χ2n) is 9.50. The van der Waals surface area contributed by atoms with Gasteiger partial charge in [-0.15, -0.1) is 5.10 Å². The smallest absolute Gasteiger partial charge is 0.410 e. The topological polar surface area (TPSA) is 157 Å². The summed E-state index contributed by atoms with van der Waals surface area (Å²) >= 11 is 12.5. The lowest BCUT2D eigenvalue weighted by Crippen LogP contribution is -2.55. The van der Waals surface area contributed by atoms with Crippen molar-refractivity contribution in [3.8, 4) is 0 Å². The molecule has 2 unspecified atom stereocenters. The van der Waals surface area contributed by atoms with Crippen molar-refractivity contribution >= 4 is 47.0 Å². The fourth-order valence-corrected chi connectivity index (χ4v) is 5.03. The molecule has 41 heavy (non-hydrogen) atoms. The van der Waals surface area contributed by atoms with Crippen molar-refractivity contribution in [2.24, 2.45) is 0 Å². The van der Waals surface area contributed by atoms with Crippen molar-refractivity contribution in [3.05, 3.63) is 75.5 Å². The lowest BCUT2D eigenvalue weighted by Gasteiger charge is -2.34. The predicted molar refractivity (Wildman–Crippen MR) is 147 cm³/mol. The van der Waals surface area contributed by atoms with Gasteiger partial charge in [-0.25, -0.2) is 9.48 Å². The standard InChI is InChI=1S/C27H28Cl2N6O6/c28-19-9-6-10-20(29)18(19)13-24-31-32-33-35(24)15-23(36)21(14-25(37)38)30-26(39)22-11-4-5-12-34(22)27(40)41-16-17-7-2-1-3-8-17/h1-3,6-10,21-22H,4-5,11-16H2,(H,30,39)(H,37,38). The molecule has 2 heterocycles. The number of carbonyl (C=O) groups is 4. The van der Waals surface area contributed by atoms with Crippen LogP contribution in [0.2, 0.25) is 10.0 Å². The fourth-order valence-electron chi connectivity index (χ4n) is 4.50. The van der Waals surface area contributed by atoms with E-state index in [9.17, 15) is 24.3 Å². The number of carbonyl (C=O) groups excluding carboxylic acids is 3. The van der Waals surface area contributed by atoms with Gasteiger partial charge in [-0.05, 0) is 52.9 Å². The summed E-state index contributed by atoms with van der Waals surface area (Å²) in [6.07, 6.45) is 0.498. The highest BCUT2D eigenvalue weighted by atomic mass is 35.5. The van der Waals surface area contributed by atoms with E-state index in [1.165, 1.54) is 9.58 Å². The Morgan fingerprint density at radius 1 is 1.05 bits per heavy atom. The molecule has 0 radical (unpaired) electrons. The number of nitrogens with zero attached hydrogens (tertiary/aromatic N) is 5. The van der Waals surface area contributed by atoms with E-state index in [4.69, 9.17) is 27.9 Å². The normalized spacial score (nSPS) is 15.7. The maximum absolute atomic E-state index is 13.3. The molecular formula is C27H28Cl2N6O6. The molecule has 1 saturated heterocycles. The van der Waals surface area contributed by atoms with E-state index in [0.717, 1.165) is 5.56 Å². The zero-order valence-corrected chi connectivity index (χ0v) is 23.4. The van der Waals surface area contributed by atoms with Crippen LogP contribution in [0.3, 0.4) is 0 Å². The summed E-state index contributed by atoms with van der Waals surface area (Å²) in [6.45, 7) is -0.0731. The average Bonchev–Trinajstić information content (AvgIpc) is 3.40. The molecule has 2 aromatic carbocycles. The largest absolute Gasteiger partial charge is 0.481 e. The van der Waals surface area contributed by atoms with Crippen LogP contribution in [-0.2, 0) is 38.7 Å². The Kier molecular flexibility index (Phi) is 10.3. The van der Waals surface area contributed by atoms with Crippen LogP contribution >= 0.6 is 23.2 Å². The number of hydrogen-bond acceptors (Lipinski definition) is 8. The molecular weight excluding hydrogens is 575 g/mol. The molecule has 2 N–H and O–H groups in total. The van der Waals surface area contributed by atoms with Crippen molar-refractivity contribution in [1.29, 1.82) is 0 Å². The Balaban J connectivity index is 1.43. The van der Waals surface area contributed by atoms with Crippen LogP contribution in [0, 0.1) is 0 Å². The predicted octanol–water partition coefficient (Wildman–Crippen LogP) is 3.29. The van der Waals surface area contributed by atoms with Crippen molar-refractivity contribution in [2.75, 3.05) is 6.54 Å². The van der Waals surface area contributed by atoms with E-state index >= 15 is 0 Å².